The van der Waals surface area contributed by atoms with Gasteiger partial charge in [-0.15, -0.1) is 0 Å². The summed E-state index contributed by atoms with van der Waals surface area (Å²) >= 11 is 3.38. The number of carbonyl (C=O) groups excluding carboxylic acids is 2. The molecule has 1 fully saturated rings. The van der Waals surface area contributed by atoms with Gasteiger partial charge in [-0.25, -0.2) is 0 Å². The SMILES string of the molecule is CCOc1ccc(NC(=O)[C@@H]2CC(=O)N(c3ccc(Br)cc3)C2)cc1. The van der Waals surface area contributed by atoms with E-state index in [-0.39, 0.29) is 24.2 Å². The Labute approximate surface area is 155 Å². The van der Waals surface area contributed by atoms with Crippen molar-refractivity contribution in [3.05, 3.63) is 53.0 Å². The number of benzene rings is 2. The van der Waals surface area contributed by atoms with Gasteiger partial charge in [0.2, 0.25) is 11.8 Å². The Hall–Kier alpha value is -2.34. The summed E-state index contributed by atoms with van der Waals surface area (Å²) < 4.78 is 6.34. The van der Waals surface area contributed by atoms with E-state index >= 15 is 0 Å². The zero-order valence-corrected chi connectivity index (χ0v) is 15.5. The summed E-state index contributed by atoms with van der Waals surface area (Å²) in [5.74, 6) is 0.229. The van der Waals surface area contributed by atoms with Crippen LogP contribution in [0.25, 0.3) is 0 Å². The molecule has 0 bridgehead atoms. The number of nitrogens with zero attached hydrogens (tertiary/aromatic N) is 1. The molecule has 5 nitrogen and oxygen atoms in total. The molecule has 1 aliphatic heterocycles. The molecule has 0 radical (unpaired) electrons. The molecule has 1 saturated heterocycles. The highest BCUT2D eigenvalue weighted by Gasteiger charge is 2.35. The van der Waals surface area contributed by atoms with Crippen LogP contribution in [0.5, 0.6) is 5.75 Å². The van der Waals surface area contributed by atoms with E-state index < -0.39 is 0 Å². The predicted molar refractivity (Wildman–Crippen MR) is 101 cm³/mol. The minimum atomic E-state index is -0.359. The van der Waals surface area contributed by atoms with Crippen LogP contribution in [0.2, 0.25) is 0 Å². The van der Waals surface area contributed by atoms with E-state index in [9.17, 15) is 9.59 Å². The summed E-state index contributed by atoms with van der Waals surface area (Å²) in [4.78, 5) is 26.4. The summed E-state index contributed by atoms with van der Waals surface area (Å²) in [5, 5.41) is 2.87. The molecule has 0 aromatic heterocycles. The van der Waals surface area contributed by atoms with E-state index in [0.29, 0.717) is 18.8 Å². The Bertz CT molecular complexity index is 759. The largest absolute Gasteiger partial charge is 0.494 e. The molecular weight excluding hydrogens is 384 g/mol. The van der Waals surface area contributed by atoms with E-state index in [0.717, 1.165) is 15.9 Å². The Kier molecular flexibility index (Phi) is 5.38. The van der Waals surface area contributed by atoms with E-state index in [1.54, 1.807) is 17.0 Å². The molecule has 1 aliphatic rings. The van der Waals surface area contributed by atoms with Crippen LogP contribution in [-0.4, -0.2) is 25.0 Å². The Balaban J connectivity index is 1.63. The standard InChI is InChI=1S/C19H19BrN2O3/c1-2-25-17-9-5-15(6-10-17)21-19(24)13-11-18(23)22(12-13)16-7-3-14(20)4-8-16/h3-10,13H,2,11-12H2,1H3,(H,21,24)/t13-/m1/s1. The highest BCUT2D eigenvalue weighted by molar-refractivity contribution is 9.10. The number of hydrogen-bond acceptors (Lipinski definition) is 3. The lowest BCUT2D eigenvalue weighted by Crippen LogP contribution is -2.28. The minimum absolute atomic E-state index is 0.0332. The van der Waals surface area contributed by atoms with Gasteiger partial charge in [0, 0.05) is 28.8 Å². The summed E-state index contributed by atoms with van der Waals surface area (Å²) in [6, 6.07) is 14.7. The van der Waals surface area contributed by atoms with Gasteiger partial charge in [0.25, 0.3) is 0 Å². The van der Waals surface area contributed by atoms with Crippen molar-refractivity contribution in [3.63, 3.8) is 0 Å². The molecule has 1 atom stereocenters. The Morgan fingerprint density at radius 2 is 1.88 bits per heavy atom. The first-order valence-corrected chi connectivity index (χ1v) is 8.96. The lowest BCUT2D eigenvalue weighted by molar-refractivity contribution is -0.122. The molecule has 2 amide bonds. The monoisotopic (exact) mass is 402 g/mol. The molecule has 1 N–H and O–H groups in total. The normalized spacial score (nSPS) is 16.8. The number of nitrogens with one attached hydrogen (secondary N) is 1. The molecule has 0 saturated carbocycles. The predicted octanol–water partition coefficient (Wildman–Crippen LogP) is 3.84. The fraction of sp³-hybridized carbons (Fsp3) is 0.263. The summed E-state index contributed by atoms with van der Waals surface area (Å²) in [5.41, 5.74) is 1.51. The zero-order chi connectivity index (χ0) is 17.8. The quantitative estimate of drug-likeness (QED) is 0.826. The number of rotatable bonds is 5. The second-order valence-corrected chi connectivity index (χ2v) is 6.74. The highest BCUT2D eigenvalue weighted by Crippen LogP contribution is 2.27. The number of halogens is 1. The molecular formula is C19H19BrN2O3. The average Bonchev–Trinajstić information content (AvgIpc) is 3.00. The van der Waals surface area contributed by atoms with Crippen molar-refractivity contribution in [2.45, 2.75) is 13.3 Å². The van der Waals surface area contributed by atoms with Crippen LogP contribution in [0.3, 0.4) is 0 Å². The fourth-order valence-electron chi connectivity index (χ4n) is 2.80. The zero-order valence-electron chi connectivity index (χ0n) is 13.9. The van der Waals surface area contributed by atoms with Crippen LogP contribution in [0.4, 0.5) is 11.4 Å². The average molecular weight is 403 g/mol. The number of carbonyl (C=O) groups is 2. The molecule has 25 heavy (non-hydrogen) atoms. The first kappa shape index (κ1) is 17.5. The summed E-state index contributed by atoms with van der Waals surface area (Å²) in [7, 11) is 0. The van der Waals surface area contributed by atoms with Crippen molar-refractivity contribution in [2.75, 3.05) is 23.4 Å². The van der Waals surface area contributed by atoms with Crippen LogP contribution in [0.15, 0.2) is 53.0 Å². The first-order valence-electron chi connectivity index (χ1n) is 8.16. The second-order valence-electron chi connectivity index (χ2n) is 5.83. The van der Waals surface area contributed by atoms with Crippen molar-refractivity contribution >= 4 is 39.1 Å². The molecule has 2 aromatic rings. The lowest BCUT2D eigenvalue weighted by atomic mass is 10.1. The highest BCUT2D eigenvalue weighted by atomic mass is 79.9. The number of ether oxygens (including phenoxy) is 1. The van der Waals surface area contributed by atoms with Crippen LogP contribution in [0.1, 0.15) is 13.3 Å². The van der Waals surface area contributed by atoms with Crippen molar-refractivity contribution in [2.24, 2.45) is 5.92 Å². The van der Waals surface area contributed by atoms with Crippen LogP contribution in [0, 0.1) is 5.92 Å². The number of hydrogen-bond donors (Lipinski definition) is 1. The van der Waals surface area contributed by atoms with Gasteiger partial charge in [0.05, 0.1) is 12.5 Å². The third-order valence-electron chi connectivity index (χ3n) is 4.07. The molecule has 130 valence electrons. The van der Waals surface area contributed by atoms with Crippen LogP contribution >= 0.6 is 15.9 Å². The molecule has 1 heterocycles. The number of anilines is 2. The van der Waals surface area contributed by atoms with Crippen molar-refractivity contribution in [1.29, 1.82) is 0 Å². The maximum absolute atomic E-state index is 12.5. The molecule has 2 aromatic carbocycles. The van der Waals surface area contributed by atoms with E-state index in [1.165, 1.54) is 0 Å². The summed E-state index contributed by atoms with van der Waals surface area (Å²) in [6.07, 6.45) is 0.221. The molecule has 3 rings (SSSR count). The third kappa shape index (κ3) is 4.20. The topological polar surface area (TPSA) is 58.6 Å². The third-order valence-corrected chi connectivity index (χ3v) is 4.60. The molecule has 0 unspecified atom stereocenters. The second kappa shape index (κ2) is 7.70. The van der Waals surface area contributed by atoms with Gasteiger partial charge in [-0.2, -0.15) is 0 Å². The maximum Gasteiger partial charge on any atom is 0.229 e. The van der Waals surface area contributed by atoms with Gasteiger partial charge in [-0.3, -0.25) is 9.59 Å². The Morgan fingerprint density at radius 1 is 1.20 bits per heavy atom. The fourth-order valence-corrected chi connectivity index (χ4v) is 3.06. The molecule has 6 heteroatoms. The van der Waals surface area contributed by atoms with Crippen molar-refractivity contribution in [3.8, 4) is 5.75 Å². The van der Waals surface area contributed by atoms with Crippen LogP contribution in [-0.2, 0) is 9.59 Å². The van der Waals surface area contributed by atoms with Crippen LogP contribution < -0.4 is 15.0 Å². The van der Waals surface area contributed by atoms with Gasteiger partial charge in [-0.1, -0.05) is 15.9 Å². The van der Waals surface area contributed by atoms with E-state index in [4.69, 9.17) is 4.74 Å². The maximum atomic E-state index is 12.5. The minimum Gasteiger partial charge on any atom is -0.494 e. The van der Waals surface area contributed by atoms with Gasteiger partial charge >= 0.3 is 0 Å². The molecule has 0 aliphatic carbocycles. The van der Waals surface area contributed by atoms with Crippen molar-refractivity contribution < 1.29 is 14.3 Å². The van der Waals surface area contributed by atoms with E-state index in [2.05, 4.69) is 21.2 Å². The van der Waals surface area contributed by atoms with Crippen molar-refractivity contribution in [1.82, 2.24) is 0 Å². The molecule has 0 spiro atoms. The van der Waals surface area contributed by atoms with Gasteiger partial charge in [0.1, 0.15) is 5.75 Å². The lowest BCUT2D eigenvalue weighted by Gasteiger charge is -2.17. The smallest absolute Gasteiger partial charge is 0.229 e. The van der Waals surface area contributed by atoms with E-state index in [1.807, 2.05) is 43.3 Å². The van der Waals surface area contributed by atoms with Gasteiger partial charge in [0.15, 0.2) is 0 Å². The van der Waals surface area contributed by atoms with Gasteiger partial charge < -0.3 is 15.0 Å². The number of amides is 2. The first-order chi connectivity index (χ1) is 12.1. The summed E-state index contributed by atoms with van der Waals surface area (Å²) in [6.45, 7) is 2.91. The van der Waals surface area contributed by atoms with Gasteiger partial charge in [-0.05, 0) is 55.5 Å². The Morgan fingerprint density at radius 3 is 2.52 bits per heavy atom.